The van der Waals surface area contributed by atoms with Gasteiger partial charge < -0.3 is 15.3 Å². The Balaban J connectivity index is 1.39. The molecule has 0 radical (unpaired) electrons. The highest BCUT2D eigenvalue weighted by atomic mass is 19.4. The van der Waals surface area contributed by atoms with Gasteiger partial charge in [0.25, 0.3) is 0 Å². The minimum Gasteiger partial charge on any atom is -0.378 e. The van der Waals surface area contributed by atoms with Gasteiger partial charge in [-0.05, 0) is 94.2 Å². The number of hydrogen-bond acceptors (Lipinski definition) is 4. The van der Waals surface area contributed by atoms with E-state index in [1.165, 1.54) is 31.4 Å². The first-order chi connectivity index (χ1) is 17.1. The molecule has 0 bridgehead atoms. The highest BCUT2D eigenvalue weighted by Crippen LogP contribution is 2.36. The Labute approximate surface area is 212 Å². The molecule has 1 saturated heterocycles. The number of alkyl halides is 3. The molecule has 1 aliphatic carbocycles. The van der Waals surface area contributed by atoms with Crippen molar-refractivity contribution in [3.63, 3.8) is 0 Å². The summed E-state index contributed by atoms with van der Waals surface area (Å²) in [6.07, 6.45) is 5.44. The lowest BCUT2D eigenvalue weighted by Crippen LogP contribution is -2.39. The standard InChI is InChI=1S/C29H36F3N3O/c1-28(2,36)15-13-21-14-16-33-27(19-21)34-26-8-4-3-7-23(26)18-22-6-5-17-35(20-22)25-11-9-24(10-12-25)29(30,31)32/h9-12,14,16,19,22-23,26,36H,3-8,17-18,20H2,1-2H3,(H,33,34)/t22-,23+,26-/m1/s1. The highest BCUT2D eigenvalue weighted by Gasteiger charge is 2.32. The molecule has 4 rings (SSSR count). The molecule has 3 atom stereocenters. The maximum absolute atomic E-state index is 12.9. The third kappa shape index (κ3) is 7.39. The molecule has 1 aromatic heterocycles. The Morgan fingerprint density at radius 1 is 1.06 bits per heavy atom. The monoisotopic (exact) mass is 499 g/mol. The molecule has 194 valence electrons. The number of aromatic nitrogens is 1. The molecule has 0 amide bonds. The summed E-state index contributed by atoms with van der Waals surface area (Å²) in [5.41, 5.74) is 0.0554. The van der Waals surface area contributed by atoms with Crippen molar-refractivity contribution < 1.29 is 18.3 Å². The van der Waals surface area contributed by atoms with Crippen molar-refractivity contribution in [2.24, 2.45) is 11.8 Å². The fourth-order valence-corrected chi connectivity index (χ4v) is 5.46. The molecule has 2 aromatic rings. The molecule has 1 aromatic carbocycles. The summed E-state index contributed by atoms with van der Waals surface area (Å²) in [6.45, 7) is 5.10. The lowest BCUT2D eigenvalue weighted by molar-refractivity contribution is -0.137. The smallest absolute Gasteiger partial charge is 0.378 e. The van der Waals surface area contributed by atoms with Crippen molar-refractivity contribution >= 4 is 11.5 Å². The van der Waals surface area contributed by atoms with E-state index in [1.807, 2.05) is 12.1 Å². The number of nitrogens with zero attached hydrogens (tertiary/aromatic N) is 2. The fourth-order valence-electron chi connectivity index (χ4n) is 5.46. The number of anilines is 2. The van der Waals surface area contributed by atoms with Crippen LogP contribution in [0.2, 0.25) is 0 Å². The van der Waals surface area contributed by atoms with Crippen LogP contribution in [-0.4, -0.2) is 34.8 Å². The summed E-state index contributed by atoms with van der Waals surface area (Å²) in [5.74, 6) is 7.73. The van der Waals surface area contributed by atoms with Gasteiger partial charge in [0.15, 0.2) is 0 Å². The molecule has 0 unspecified atom stereocenters. The zero-order chi connectivity index (χ0) is 25.8. The third-order valence-electron chi connectivity index (χ3n) is 7.23. The van der Waals surface area contributed by atoms with Gasteiger partial charge in [-0.2, -0.15) is 13.2 Å². The first-order valence-electron chi connectivity index (χ1n) is 13.0. The van der Waals surface area contributed by atoms with Crippen molar-refractivity contribution in [2.45, 2.75) is 76.6 Å². The first-order valence-corrected chi connectivity index (χ1v) is 13.0. The number of hydrogen-bond donors (Lipinski definition) is 2. The molecule has 4 nitrogen and oxygen atoms in total. The molecular weight excluding hydrogens is 463 g/mol. The molecule has 2 fully saturated rings. The van der Waals surface area contributed by atoms with Gasteiger partial charge in [-0.25, -0.2) is 4.98 Å². The van der Waals surface area contributed by atoms with Crippen molar-refractivity contribution in [2.75, 3.05) is 23.3 Å². The zero-order valence-electron chi connectivity index (χ0n) is 21.1. The second-order valence-electron chi connectivity index (χ2n) is 10.8. The van der Waals surface area contributed by atoms with E-state index < -0.39 is 17.3 Å². The molecule has 2 heterocycles. The van der Waals surface area contributed by atoms with Gasteiger partial charge in [0, 0.05) is 36.6 Å². The second kappa shape index (κ2) is 11.1. The Hall–Kier alpha value is -2.72. The van der Waals surface area contributed by atoms with E-state index in [2.05, 4.69) is 27.0 Å². The van der Waals surface area contributed by atoms with Crippen LogP contribution in [0.3, 0.4) is 0 Å². The van der Waals surface area contributed by atoms with Gasteiger partial charge in [-0.1, -0.05) is 24.7 Å². The molecule has 1 aliphatic heterocycles. The molecule has 2 aliphatic rings. The summed E-state index contributed by atoms with van der Waals surface area (Å²) in [5, 5.41) is 13.5. The molecular formula is C29H36F3N3O. The average molecular weight is 500 g/mol. The maximum Gasteiger partial charge on any atom is 0.416 e. The Kier molecular flexibility index (Phi) is 8.14. The van der Waals surface area contributed by atoms with Crippen LogP contribution in [0.4, 0.5) is 24.7 Å². The summed E-state index contributed by atoms with van der Waals surface area (Å²) in [6, 6.07) is 9.72. The van der Waals surface area contributed by atoms with Crippen LogP contribution < -0.4 is 10.2 Å². The lowest BCUT2D eigenvalue weighted by atomic mass is 9.77. The van der Waals surface area contributed by atoms with Crippen molar-refractivity contribution in [3.05, 3.63) is 53.7 Å². The average Bonchev–Trinajstić information content (AvgIpc) is 2.84. The van der Waals surface area contributed by atoms with Crippen LogP contribution in [0, 0.1) is 23.7 Å². The zero-order valence-corrected chi connectivity index (χ0v) is 21.1. The predicted octanol–water partition coefficient (Wildman–Crippen LogP) is 6.50. The molecule has 2 N–H and O–H groups in total. The SMILES string of the molecule is CC(C)(O)C#Cc1ccnc(N[C@@H]2CCCC[C@H]2C[C@H]2CCCN(c3ccc(C(F)(F)F)cc3)C2)c1. The fraction of sp³-hybridized carbons (Fsp3) is 0.552. The van der Waals surface area contributed by atoms with E-state index in [0.29, 0.717) is 17.9 Å². The first kappa shape index (κ1) is 26.3. The van der Waals surface area contributed by atoms with E-state index >= 15 is 0 Å². The Bertz CT molecular complexity index is 1070. The second-order valence-corrected chi connectivity index (χ2v) is 10.8. The van der Waals surface area contributed by atoms with Crippen LogP contribution in [0.5, 0.6) is 0 Å². The molecule has 36 heavy (non-hydrogen) atoms. The lowest BCUT2D eigenvalue weighted by Gasteiger charge is -2.39. The number of pyridine rings is 1. The van der Waals surface area contributed by atoms with E-state index in [4.69, 9.17) is 0 Å². The minimum atomic E-state index is -4.30. The predicted molar refractivity (Wildman–Crippen MR) is 138 cm³/mol. The summed E-state index contributed by atoms with van der Waals surface area (Å²) in [4.78, 5) is 6.75. The maximum atomic E-state index is 12.9. The number of halogens is 3. The number of piperidine rings is 1. The normalized spacial score (nSPS) is 23.1. The number of benzene rings is 1. The van der Waals surface area contributed by atoms with E-state index in [-0.39, 0.29) is 0 Å². The Morgan fingerprint density at radius 3 is 2.53 bits per heavy atom. The summed E-state index contributed by atoms with van der Waals surface area (Å²) >= 11 is 0. The van der Waals surface area contributed by atoms with Crippen molar-refractivity contribution in [3.8, 4) is 11.8 Å². The van der Waals surface area contributed by atoms with Gasteiger partial charge in [-0.15, -0.1) is 0 Å². The van der Waals surface area contributed by atoms with Gasteiger partial charge in [-0.3, -0.25) is 0 Å². The Morgan fingerprint density at radius 2 is 1.81 bits per heavy atom. The molecule has 0 spiro atoms. The summed E-state index contributed by atoms with van der Waals surface area (Å²) < 4.78 is 38.8. The van der Waals surface area contributed by atoms with E-state index in [9.17, 15) is 18.3 Å². The number of rotatable bonds is 5. The van der Waals surface area contributed by atoms with Gasteiger partial charge in [0.05, 0.1) is 5.56 Å². The number of nitrogens with one attached hydrogen (secondary N) is 1. The van der Waals surface area contributed by atoms with E-state index in [0.717, 1.165) is 55.8 Å². The summed E-state index contributed by atoms with van der Waals surface area (Å²) in [7, 11) is 0. The van der Waals surface area contributed by atoms with Crippen molar-refractivity contribution in [1.82, 2.24) is 4.98 Å². The quantitative estimate of drug-likeness (QED) is 0.461. The van der Waals surface area contributed by atoms with Gasteiger partial charge in [0.2, 0.25) is 0 Å². The van der Waals surface area contributed by atoms with Crippen LogP contribution >= 0.6 is 0 Å². The highest BCUT2D eigenvalue weighted by molar-refractivity contribution is 5.49. The molecule has 7 heteroatoms. The molecule has 1 saturated carbocycles. The van der Waals surface area contributed by atoms with Gasteiger partial charge in [0.1, 0.15) is 11.4 Å². The van der Waals surface area contributed by atoms with Crippen LogP contribution in [0.15, 0.2) is 42.6 Å². The van der Waals surface area contributed by atoms with Crippen LogP contribution in [0.25, 0.3) is 0 Å². The topological polar surface area (TPSA) is 48.4 Å². The van der Waals surface area contributed by atoms with Crippen molar-refractivity contribution in [1.29, 1.82) is 0 Å². The largest absolute Gasteiger partial charge is 0.416 e. The minimum absolute atomic E-state index is 0.338. The number of aliphatic hydroxyl groups is 1. The van der Waals surface area contributed by atoms with Crippen LogP contribution in [0.1, 0.15) is 69.9 Å². The van der Waals surface area contributed by atoms with E-state index in [1.54, 1.807) is 32.2 Å². The third-order valence-corrected chi connectivity index (χ3v) is 7.23. The van der Waals surface area contributed by atoms with Gasteiger partial charge >= 0.3 is 6.18 Å². The van der Waals surface area contributed by atoms with Crippen LogP contribution in [-0.2, 0) is 6.18 Å².